The van der Waals surface area contributed by atoms with Crippen LogP contribution in [0.4, 0.5) is 15.8 Å². The summed E-state index contributed by atoms with van der Waals surface area (Å²) in [6, 6.07) is 11.9. The van der Waals surface area contributed by atoms with Gasteiger partial charge in [-0.2, -0.15) is 0 Å². The summed E-state index contributed by atoms with van der Waals surface area (Å²) in [6.45, 7) is 0. The van der Waals surface area contributed by atoms with Crippen molar-refractivity contribution >= 4 is 17.3 Å². The molecule has 0 aliphatic carbocycles. The van der Waals surface area contributed by atoms with Crippen LogP contribution in [0.15, 0.2) is 42.5 Å². The van der Waals surface area contributed by atoms with Crippen molar-refractivity contribution in [1.82, 2.24) is 0 Å². The molecule has 5 heteroatoms. The van der Waals surface area contributed by atoms with Crippen LogP contribution in [0.1, 0.15) is 12.0 Å². The van der Waals surface area contributed by atoms with Gasteiger partial charge in [-0.3, -0.25) is 4.79 Å². The van der Waals surface area contributed by atoms with Gasteiger partial charge in [0.2, 0.25) is 0 Å². The van der Waals surface area contributed by atoms with Gasteiger partial charge >= 0.3 is 0 Å². The number of rotatable bonds is 2. The highest BCUT2D eigenvalue weighted by Gasteiger charge is 2.26. The maximum absolute atomic E-state index is 13.8. The number of nitrogen functional groups attached to an aromatic ring is 1. The third-order valence-corrected chi connectivity index (χ3v) is 3.50. The Morgan fingerprint density at radius 2 is 2.00 bits per heavy atom. The molecule has 0 spiro atoms. The Balaban J connectivity index is 1.83. The van der Waals surface area contributed by atoms with Crippen LogP contribution in [0.25, 0.3) is 0 Å². The molecule has 1 heterocycles. The third-order valence-electron chi connectivity index (χ3n) is 3.50. The first-order valence-corrected chi connectivity index (χ1v) is 6.74. The van der Waals surface area contributed by atoms with Crippen LogP contribution >= 0.6 is 0 Å². The lowest BCUT2D eigenvalue weighted by Gasteiger charge is -2.17. The normalized spacial score (nSPS) is 17.6. The molecular weight excluding hydrogens is 271 g/mol. The van der Waals surface area contributed by atoms with Crippen LogP contribution in [0, 0.1) is 5.82 Å². The fourth-order valence-electron chi connectivity index (χ4n) is 2.40. The van der Waals surface area contributed by atoms with Crippen molar-refractivity contribution in [3.8, 4) is 5.75 Å². The second-order valence-electron chi connectivity index (χ2n) is 4.95. The molecule has 3 rings (SSSR count). The van der Waals surface area contributed by atoms with Crippen molar-refractivity contribution in [2.75, 3.05) is 11.1 Å². The fourth-order valence-corrected chi connectivity index (χ4v) is 2.40. The van der Waals surface area contributed by atoms with Gasteiger partial charge in [0.1, 0.15) is 0 Å². The van der Waals surface area contributed by atoms with E-state index in [9.17, 15) is 9.18 Å². The van der Waals surface area contributed by atoms with Crippen molar-refractivity contribution in [2.24, 2.45) is 0 Å². The fraction of sp³-hybridized carbons (Fsp3) is 0.188. The Labute approximate surface area is 121 Å². The predicted molar refractivity (Wildman–Crippen MR) is 78.6 cm³/mol. The molecule has 1 amide bonds. The molecule has 108 valence electrons. The molecule has 1 aliphatic heterocycles. The maximum atomic E-state index is 13.8. The van der Waals surface area contributed by atoms with E-state index in [0.717, 1.165) is 11.3 Å². The van der Waals surface area contributed by atoms with Gasteiger partial charge in [0, 0.05) is 5.69 Å². The number of amides is 1. The van der Waals surface area contributed by atoms with Crippen molar-refractivity contribution in [2.45, 2.75) is 18.9 Å². The summed E-state index contributed by atoms with van der Waals surface area (Å²) in [5.74, 6) is -0.921. The molecule has 21 heavy (non-hydrogen) atoms. The van der Waals surface area contributed by atoms with Gasteiger partial charge < -0.3 is 15.8 Å². The second-order valence-corrected chi connectivity index (χ2v) is 4.95. The Morgan fingerprint density at radius 1 is 1.19 bits per heavy atom. The number of nitrogens with two attached hydrogens (primary N) is 1. The van der Waals surface area contributed by atoms with Gasteiger partial charge in [0.05, 0.1) is 5.69 Å². The molecule has 1 unspecified atom stereocenters. The molecule has 0 radical (unpaired) electrons. The monoisotopic (exact) mass is 286 g/mol. The summed E-state index contributed by atoms with van der Waals surface area (Å²) in [5.41, 5.74) is 7.71. The molecule has 4 nitrogen and oxygen atoms in total. The first-order valence-electron chi connectivity index (χ1n) is 6.74. The summed E-state index contributed by atoms with van der Waals surface area (Å²) in [7, 11) is 0. The minimum absolute atomic E-state index is 0.0661. The summed E-state index contributed by atoms with van der Waals surface area (Å²) in [5, 5.41) is 2.80. The average Bonchev–Trinajstić information content (AvgIpc) is 2.62. The number of ether oxygens (including phenoxy) is 1. The first-order chi connectivity index (χ1) is 10.1. The Hall–Kier alpha value is -2.56. The number of halogens is 1. The van der Waals surface area contributed by atoms with Gasteiger partial charge in [-0.15, -0.1) is 0 Å². The molecule has 3 N–H and O–H groups in total. The van der Waals surface area contributed by atoms with E-state index in [4.69, 9.17) is 10.5 Å². The van der Waals surface area contributed by atoms with Gasteiger partial charge in [-0.25, -0.2) is 4.39 Å². The second kappa shape index (κ2) is 5.44. The molecular formula is C16H15FN2O2. The van der Waals surface area contributed by atoms with E-state index in [2.05, 4.69) is 5.32 Å². The summed E-state index contributed by atoms with van der Waals surface area (Å²) < 4.78 is 19.3. The number of hydrogen-bond donors (Lipinski definition) is 2. The molecule has 1 atom stereocenters. The van der Waals surface area contributed by atoms with Crippen molar-refractivity contribution in [1.29, 1.82) is 0 Å². The number of benzene rings is 2. The molecule has 1 aliphatic rings. The van der Waals surface area contributed by atoms with E-state index >= 15 is 0 Å². The number of para-hydroxylation sites is 2. The molecule has 0 aromatic heterocycles. The zero-order valence-electron chi connectivity index (χ0n) is 11.3. The molecule has 0 fully saturated rings. The SMILES string of the molecule is Nc1cccc(F)c1OC1CCc2ccccc2NC1=O. The number of fused-ring (bicyclic) bond motifs is 1. The van der Waals surface area contributed by atoms with E-state index in [1.807, 2.05) is 24.3 Å². The molecule has 2 aromatic rings. The van der Waals surface area contributed by atoms with Crippen LogP contribution in [-0.4, -0.2) is 12.0 Å². The minimum atomic E-state index is -0.767. The quantitative estimate of drug-likeness (QED) is 0.834. The molecule has 0 saturated heterocycles. The summed E-state index contributed by atoms with van der Waals surface area (Å²) in [4.78, 5) is 12.2. The summed E-state index contributed by atoms with van der Waals surface area (Å²) in [6.07, 6.45) is 0.376. The number of hydrogen-bond acceptors (Lipinski definition) is 3. The van der Waals surface area contributed by atoms with Gasteiger partial charge in [0.15, 0.2) is 17.7 Å². The lowest BCUT2D eigenvalue weighted by atomic mass is 10.1. The highest BCUT2D eigenvalue weighted by atomic mass is 19.1. The highest BCUT2D eigenvalue weighted by molar-refractivity contribution is 5.95. The topological polar surface area (TPSA) is 64.3 Å². The smallest absolute Gasteiger partial charge is 0.265 e. The van der Waals surface area contributed by atoms with E-state index in [0.29, 0.717) is 12.8 Å². The van der Waals surface area contributed by atoms with Gasteiger partial charge in [0.25, 0.3) is 5.91 Å². The Kier molecular flexibility index (Phi) is 3.48. The van der Waals surface area contributed by atoms with Crippen LogP contribution in [0.5, 0.6) is 5.75 Å². The van der Waals surface area contributed by atoms with Crippen molar-refractivity contribution in [3.05, 3.63) is 53.8 Å². The van der Waals surface area contributed by atoms with Crippen molar-refractivity contribution in [3.63, 3.8) is 0 Å². The standard InChI is InChI=1S/C16H15FN2O2/c17-11-5-3-6-12(18)15(11)21-14-9-8-10-4-1-2-7-13(10)19-16(14)20/h1-7,14H,8-9,18H2,(H,19,20). The number of nitrogens with one attached hydrogen (secondary N) is 1. The lowest BCUT2D eigenvalue weighted by molar-refractivity contribution is -0.122. The lowest BCUT2D eigenvalue weighted by Crippen LogP contribution is -2.32. The Bertz CT molecular complexity index is 667. The average molecular weight is 286 g/mol. The predicted octanol–water partition coefficient (Wildman–Crippen LogP) is 2.74. The van der Waals surface area contributed by atoms with Crippen LogP contribution in [0.3, 0.4) is 0 Å². The number of aryl methyl sites for hydroxylation is 1. The van der Waals surface area contributed by atoms with Gasteiger partial charge in [-0.1, -0.05) is 24.3 Å². The number of carbonyl (C=O) groups excluding carboxylic acids is 1. The highest BCUT2D eigenvalue weighted by Crippen LogP contribution is 2.29. The zero-order valence-corrected chi connectivity index (χ0v) is 11.3. The maximum Gasteiger partial charge on any atom is 0.265 e. The zero-order chi connectivity index (χ0) is 14.8. The van der Waals surface area contributed by atoms with Gasteiger partial charge in [-0.05, 0) is 36.6 Å². The molecule has 0 saturated carbocycles. The Morgan fingerprint density at radius 3 is 2.81 bits per heavy atom. The molecule has 0 bridgehead atoms. The van der Waals surface area contributed by atoms with E-state index < -0.39 is 11.9 Å². The van der Waals surface area contributed by atoms with E-state index in [-0.39, 0.29) is 17.3 Å². The van der Waals surface area contributed by atoms with E-state index in [1.165, 1.54) is 12.1 Å². The molecule has 2 aromatic carbocycles. The van der Waals surface area contributed by atoms with Crippen LogP contribution in [-0.2, 0) is 11.2 Å². The summed E-state index contributed by atoms with van der Waals surface area (Å²) >= 11 is 0. The first kappa shape index (κ1) is 13.4. The third kappa shape index (κ3) is 2.67. The number of carbonyl (C=O) groups is 1. The van der Waals surface area contributed by atoms with Crippen LogP contribution in [0.2, 0.25) is 0 Å². The van der Waals surface area contributed by atoms with Crippen LogP contribution < -0.4 is 15.8 Å². The number of anilines is 2. The van der Waals surface area contributed by atoms with E-state index in [1.54, 1.807) is 6.07 Å². The largest absolute Gasteiger partial charge is 0.475 e. The van der Waals surface area contributed by atoms with Crippen molar-refractivity contribution < 1.29 is 13.9 Å². The minimum Gasteiger partial charge on any atom is -0.475 e.